The van der Waals surface area contributed by atoms with E-state index in [2.05, 4.69) is 10.1 Å². The number of hydrogen-bond acceptors (Lipinski definition) is 4. The fourth-order valence-corrected chi connectivity index (χ4v) is 1.54. The molecular formula is C11H10F3N3O2. The smallest absolute Gasteiger partial charge is 0.388 e. The van der Waals surface area contributed by atoms with E-state index in [-0.39, 0.29) is 17.5 Å². The number of pyridine rings is 1. The minimum absolute atomic E-state index is 0.309. The molecule has 0 spiro atoms. The fraction of sp³-hybridized carbons (Fsp3) is 0.364. The van der Waals surface area contributed by atoms with Crippen molar-refractivity contribution in [2.24, 2.45) is 0 Å². The van der Waals surface area contributed by atoms with Gasteiger partial charge in [-0.3, -0.25) is 4.98 Å². The van der Waals surface area contributed by atoms with Crippen LogP contribution in [-0.2, 0) is 6.18 Å². The van der Waals surface area contributed by atoms with Gasteiger partial charge in [-0.2, -0.15) is 17.9 Å². The van der Waals surface area contributed by atoms with E-state index < -0.39 is 17.5 Å². The summed E-state index contributed by atoms with van der Waals surface area (Å²) in [5.74, 6) is -1.19. The van der Waals surface area contributed by atoms with Gasteiger partial charge in [-0.05, 0) is 19.9 Å². The predicted octanol–water partition coefficient (Wildman–Crippen LogP) is 2.50. The van der Waals surface area contributed by atoms with Crippen molar-refractivity contribution in [1.29, 1.82) is 0 Å². The average Bonchev–Trinajstić information content (AvgIpc) is 2.70. The van der Waals surface area contributed by atoms with Crippen molar-refractivity contribution in [3.05, 3.63) is 34.6 Å². The highest BCUT2D eigenvalue weighted by Crippen LogP contribution is 2.35. The highest BCUT2D eigenvalue weighted by molar-refractivity contribution is 5.57. The van der Waals surface area contributed by atoms with Gasteiger partial charge in [-0.1, -0.05) is 0 Å². The number of alkyl halides is 3. The van der Waals surface area contributed by atoms with E-state index in [0.29, 0.717) is 0 Å². The largest absolute Gasteiger partial charge is 0.437 e. The Morgan fingerprint density at radius 3 is 2.58 bits per heavy atom. The molecule has 102 valence electrons. The van der Waals surface area contributed by atoms with E-state index in [1.165, 1.54) is 0 Å². The SMILES string of the molecule is CC(C)n1nc(-c2cnccc2C(F)(F)F)oc1=O. The maximum Gasteiger partial charge on any atom is 0.437 e. The monoisotopic (exact) mass is 273 g/mol. The van der Waals surface area contributed by atoms with Crippen molar-refractivity contribution < 1.29 is 17.6 Å². The summed E-state index contributed by atoms with van der Waals surface area (Å²) in [7, 11) is 0. The summed E-state index contributed by atoms with van der Waals surface area (Å²) in [5, 5.41) is 3.75. The molecule has 0 fully saturated rings. The second kappa shape index (κ2) is 4.52. The Morgan fingerprint density at radius 1 is 1.37 bits per heavy atom. The van der Waals surface area contributed by atoms with Gasteiger partial charge >= 0.3 is 11.9 Å². The van der Waals surface area contributed by atoms with E-state index >= 15 is 0 Å². The van der Waals surface area contributed by atoms with Crippen LogP contribution in [0.1, 0.15) is 25.5 Å². The van der Waals surface area contributed by atoms with Gasteiger partial charge < -0.3 is 4.42 Å². The highest BCUT2D eigenvalue weighted by Gasteiger charge is 2.35. The van der Waals surface area contributed by atoms with Gasteiger partial charge in [0, 0.05) is 12.4 Å². The Balaban J connectivity index is 2.60. The maximum atomic E-state index is 12.8. The molecule has 0 aliphatic heterocycles. The third kappa shape index (κ3) is 2.51. The molecule has 2 rings (SSSR count). The summed E-state index contributed by atoms with van der Waals surface area (Å²) in [6, 6.07) is 0.500. The molecule has 2 aromatic heterocycles. The summed E-state index contributed by atoms with van der Waals surface area (Å²) in [4.78, 5) is 15.1. The normalized spacial score (nSPS) is 12.1. The van der Waals surface area contributed by atoms with Crippen LogP contribution in [0.15, 0.2) is 27.7 Å². The third-order valence-corrected chi connectivity index (χ3v) is 2.42. The Morgan fingerprint density at radius 2 is 2.05 bits per heavy atom. The number of rotatable bonds is 2. The second-order valence-electron chi connectivity index (χ2n) is 4.13. The first-order valence-electron chi connectivity index (χ1n) is 5.42. The van der Waals surface area contributed by atoms with E-state index in [1.807, 2.05) is 0 Å². The molecule has 0 amide bonds. The first-order chi connectivity index (χ1) is 8.80. The molecule has 0 N–H and O–H groups in total. The molecule has 0 aliphatic rings. The molecule has 2 heterocycles. The molecule has 8 heteroatoms. The number of hydrogen-bond donors (Lipinski definition) is 0. The Bertz CT molecular complexity index is 643. The van der Waals surface area contributed by atoms with Crippen LogP contribution < -0.4 is 5.76 Å². The summed E-state index contributed by atoms with van der Waals surface area (Å²) in [6.45, 7) is 3.34. The molecule has 0 unspecified atom stereocenters. The number of aromatic nitrogens is 3. The maximum absolute atomic E-state index is 12.8. The summed E-state index contributed by atoms with van der Waals surface area (Å²) < 4.78 is 44.2. The van der Waals surface area contributed by atoms with Crippen molar-refractivity contribution in [3.63, 3.8) is 0 Å². The van der Waals surface area contributed by atoms with Gasteiger partial charge in [-0.25, -0.2) is 4.79 Å². The summed E-state index contributed by atoms with van der Waals surface area (Å²) >= 11 is 0. The molecule has 0 aromatic carbocycles. The third-order valence-electron chi connectivity index (χ3n) is 2.42. The van der Waals surface area contributed by atoms with Crippen molar-refractivity contribution in [2.75, 3.05) is 0 Å². The number of halogens is 3. The second-order valence-corrected chi connectivity index (χ2v) is 4.13. The van der Waals surface area contributed by atoms with Gasteiger partial charge in [-0.15, -0.1) is 5.10 Å². The average molecular weight is 273 g/mol. The molecule has 0 bridgehead atoms. The van der Waals surface area contributed by atoms with E-state index in [1.54, 1.807) is 13.8 Å². The van der Waals surface area contributed by atoms with Crippen LogP contribution in [0, 0.1) is 0 Å². The van der Waals surface area contributed by atoms with Crippen LogP contribution in [0.25, 0.3) is 11.5 Å². The molecule has 0 aliphatic carbocycles. The first-order valence-corrected chi connectivity index (χ1v) is 5.42. The van der Waals surface area contributed by atoms with Crippen LogP contribution in [0.2, 0.25) is 0 Å². The Labute approximate surface area is 105 Å². The zero-order valence-corrected chi connectivity index (χ0v) is 10.1. The minimum Gasteiger partial charge on any atom is -0.388 e. The lowest BCUT2D eigenvalue weighted by Crippen LogP contribution is -2.17. The van der Waals surface area contributed by atoms with E-state index in [0.717, 1.165) is 23.1 Å². The first kappa shape index (κ1) is 13.3. The molecule has 0 atom stereocenters. The van der Waals surface area contributed by atoms with Crippen LogP contribution >= 0.6 is 0 Å². The summed E-state index contributed by atoms with van der Waals surface area (Å²) in [6.07, 6.45) is -2.58. The van der Waals surface area contributed by atoms with Gasteiger partial charge in [0.15, 0.2) is 0 Å². The zero-order chi connectivity index (χ0) is 14.2. The van der Waals surface area contributed by atoms with E-state index in [9.17, 15) is 18.0 Å². The highest BCUT2D eigenvalue weighted by atomic mass is 19.4. The van der Waals surface area contributed by atoms with Crippen LogP contribution in [0.3, 0.4) is 0 Å². The zero-order valence-electron chi connectivity index (χ0n) is 10.1. The Kier molecular flexibility index (Phi) is 3.17. The Hall–Kier alpha value is -2.12. The van der Waals surface area contributed by atoms with Crippen molar-refractivity contribution >= 4 is 0 Å². The quantitative estimate of drug-likeness (QED) is 0.843. The minimum atomic E-state index is -4.57. The van der Waals surface area contributed by atoms with Gasteiger partial charge in [0.2, 0.25) is 0 Å². The van der Waals surface area contributed by atoms with Crippen molar-refractivity contribution in [2.45, 2.75) is 26.1 Å². The standard InChI is InChI=1S/C11H10F3N3O2/c1-6(2)17-10(18)19-9(16-17)7-5-15-4-3-8(7)11(12,13)14/h3-6H,1-2H3. The van der Waals surface area contributed by atoms with Crippen molar-refractivity contribution in [1.82, 2.24) is 14.8 Å². The molecule has 19 heavy (non-hydrogen) atoms. The fourth-order valence-electron chi connectivity index (χ4n) is 1.54. The van der Waals surface area contributed by atoms with Crippen LogP contribution in [0.4, 0.5) is 13.2 Å². The molecule has 0 radical (unpaired) electrons. The lowest BCUT2D eigenvalue weighted by molar-refractivity contribution is -0.137. The molecular weight excluding hydrogens is 263 g/mol. The van der Waals surface area contributed by atoms with Gasteiger partial charge in [0.05, 0.1) is 17.2 Å². The van der Waals surface area contributed by atoms with E-state index in [4.69, 9.17) is 4.42 Å². The molecule has 2 aromatic rings. The summed E-state index contributed by atoms with van der Waals surface area (Å²) in [5.41, 5.74) is -1.30. The van der Waals surface area contributed by atoms with Gasteiger partial charge in [0.1, 0.15) is 0 Å². The van der Waals surface area contributed by atoms with Crippen molar-refractivity contribution in [3.8, 4) is 11.5 Å². The molecule has 0 saturated carbocycles. The predicted molar refractivity (Wildman–Crippen MR) is 59.4 cm³/mol. The van der Waals surface area contributed by atoms with Crippen LogP contribution in [-0.4, -0.2) is 14.8 Å². The lowest BCUT2D eigenvalue weighted by atomic mass is 10.1. The lowest BCUT2D eigenvalue weighted by Gasteiger charge is -2.09. The molecule has 0 saturated heterocycles. The van der Waals surface area contributed by atoms with Crippen LogP contribution in [0.5, 0.6) is 0 Å². The van der Waals surface area contributed by atoms with Gasteiger partial charge in [0.25, 0.3) is 5.89 Å². The topological polar surface area (TPSA) is 60.9 Å². The number of nitrogens with zero attached hydrogens (tertiary/aromatic N) is 3. The molecule has 5 nitrogen and oxygen atoms in total.